The molecule has 2 heterocycles. The van der Waals surface area contributed by atoms with Gasteiger partial charge in [0.1, 0.15) is 6.54 Å². The molecule has 0 unspecified atom stereocenters. The van der Waals surface area contributed by atoms with Crippen molar-refractivity contribution in [3.05, 3.63) is 64.1 Å². The van der Waals surface area contributed by atoms with Crippen LogP contribution in [0, 0.1) is 6.92 Å². The Labute approximate surface area is 193 Å². The number of carbonyl (C=O) groups excluding carboxylic acids is 1. The van der Waals surface area contributed by atoms with Crippen molar-refractivity contribution in [1.82, 2.24) is 14.2 Å². The van der Waals surface area contributed by atoms with Gasteiger partial charge in [-0.1, -0.05) is 42.7 Å². The minimum atomic E-state index is -3.66. The van der Waals surface area contributed by atoms with E-state index in [2.05, 4.69) is 5.32 Å². The van der Waals surface area contributed by atoms with E-state index in [1.807, 2.05) is 31.2 Å². The molecule has 33 heavy (non-hydrogen) atoms. The highest BCUT2D eigenvalue weighted by Gasteiger charge is 2.26. The highest BCUT2D eigenvalue weighted by atomic mass is 32.2. The molecular formula is C24H29N3O5S. The standard InChI is InChI=1S/C24H29N3O5S/c1-18-6-8-19(9-7-18)12-13-25-23(28)17-27-21-11-10-20(16-22(21)32-24(27)29)33(30,31)26-14-4-2-3-5-15-26/h6-11,16H,2-5,12-15,17H2,1H3,(H,25,28). The van der Waals surface area contributed by atoms with Crippen molar-refractivity contribution in [2.75, 3.05) is 19.6 Å². The molecule has 1 aromatic heterocycles. The lowest BCUT2D eigenvalue weighted by Crippen LogP contribution is -2.32. The van der Waals surface area contributed by atoms with Crippen LogP contribution < -0.4 is 11.1 Å². The maximum atomic E-state index is 13.0. The second kappa shape index (κ2) is 9.93. The van der Waals surface area contributed by atoms with Gasteiger partial charge in [0.15, 0.2) is 5.58 Å². The van der Waals surface area contributed by atoms with Gasteiger partial charge in [-0.2, -0.15) is 4.31 Å². The highest BCUT2D eigenvalue weighted by Crippen LogP contribution is 2.24. The Morgan fingerprint density at radius 2 is 1.73 bits per heavy atom. The summed E-state index contributed by atoms with van der Waals surface area (Å²) in [4.78, 5) is 24.9. The first-order valence-electron chi connectivity index (χ1n) is 11.3. The van der Waals surface area contributed by atoms with Gasteiger partial charge in [0.05, 0.1) is 10.4 Å². The van der Waals surface area contributed by atoms with Crippen molar-refractivity contribution in [2.45, 2.75) is 50.5 Å². The molecule has 0 saturated carbocycles. The summed E-state index contributed by atoms with van der Waals surface area (Å²) in [6.45, 7) is 3.26. The molecule has 1 aliphatic rings. The van der Waals surface area contributed by atoms with E-state index in [9.17, 15) is 18.0 Å². The molecule has 1 fully saturated rings. The van der Waals surface area contributed by atoms with Crippen LogP contribution in [0.4, 0.5) is 0 Å². The maximum Gasteiger partial charge on any atom is 0.420 e. The number of aromatic nitrogens is 1. The average molecular weight is 472 g/mol. The third-order valence-corrected chi connectivity index (χ3v) is 7.90. The quantitative estimate of drug-likeness (QED) is 0.571. The molecule has 0 atom stereocenters. The summed E-state index contributed by atoms with van der Waals surface area (Å²) in [6.07, 6.45) is 4.41. The van der Waals surface area contributed by atoms with E-state index < -0.39 is 15.8 Å². The zero-order valence-electron chi connectivity index (χ0n) is 18.7. The first kappa shape index (κ1) is 23.3. The number of carbonyl (C=O) groups is 1. The van der Waals surface area contributed by atoms with Crippen LogP contribution in [0.2, 0.25) is 0 Å². The minimum absolute atomic E-state index is 0.0975. The van der Waals surface area contributed by atoms with Crippen LogP contribution in [0.25, 0.3) is 11.1 Å². The Morgan fingerprint density at radius 1 is 1.03 bits per heavy atom. The lowest BCUT2D eigenvalue weighted by Gasteiger charge is -2.19. The lowest BCUT2D eigenvalue weighted by molar-refractivity contribution is -0.121. The molecule has 1 saturated heterocycles. The number of nitrogens with zero attached hydrogens (tertiary/aromatic N) is 2. The Balaban J connectivity index is 1.45. The van der Waals surface area contributed by atoms with Gasteiger partial charge in [0, 0.05) is 25.7 Å². The highest BCUT2D eigenvalue weighted by molar-refractivity contribution is 7.89. The smallest absolute Gasteiger partial charge is 0.408 e. The SMILES string of the molecule is Cc1ccc(CCNC(=O)Cn2c(=O)oc3cc(S(=O)(=O)N4CCCCCC4)ccc32)cc1. The van der Waals surface area contributed by atoms with Crippen molar-refractivity contribution >= 4 is 27.0 Å². The first-order valence-corrected chi connectivity index (χ1v) is 12.7. The number of fused-ring (bicyclic) bond motifs is 1. The average Bonchev–Trinajstić information content (AvgIpc) is 2.96. The van der Waals surface area contributed by atoms with Crippen LogP contribution in [-0.4, -0.2) is 42.8 Å². The summed E-state index contributed by atoms with van der Waals surface area (Å²) in [7, 11) is -3.66. The number of hydrogen-bond acceptors (Lipinski definition) is 5. The van der Waals surface area contributed by atoms with E-state index >= 15 is 0 Å². The molecule has 1 aliphatic heterocycles. The summed E-state index contributed by atoms with van der Waals surface area (Å²) >= 11 is 0. The molecule has 2 aromatic carbocycles. The number of nitrogens with one attached hydrogen (secondary N) is 1. The molecule has 0 bridgehead atoms. The largest absolute Gasteiger partial charge is 0.420 e. The minimum Gasteiger partial charge on any atom is -0.408 e. The summed E-state index contributed by atoms with van der Waals surface area (Å²) in [5.74, 6) is -1.00. The summed E-state index contributed by atoms with van der Waals surface area (Å²) in [6, 6.07) is 12.5. The van der Waals surface area contributed by atoms with Gasteiger partial charge in [-0.3, -0.25) is 9.36 Å². The van der Waals surface area contributed by atoms with Crippen LogP contribution >= 0.6 is 0 Å². The summed E-state index contributed by atoms with van der Waals surface area (Å²) < 4.78 is 34.1. The molecule has 0 spiro atoms. The van der Waals surface area contributed by atoms with Crippen molar-refractivity contribution in [3.63, 3.8) is 0 Å². The Bertz CT molecular complexity index is 1280. The van der Waals surface area contributed by atoms with Crippen LogP contribution in [0.1, 0.15) is 36.8 Å². The van der Waals surface area contributed by atoms with Gasteiger partial charge in [-0.15, -0.1) is 0 Å². The zero-order chi connectivity index (χ0) is 23.4. The van der Waals surface area contributed by atoms with Crippen LogP contribution in [-0.2, 0) is 27.8 Å². The van der Waals surface area contributed by atoms with E-state index in [-0.39, 0.29) is 22.9 Å². The van der Waals surface area contributed by atoms with Gasteiger partial charge >= 0.3 is 5.76 Å². The molecule has 1 amide bonds. The molecule has 9 heteroatoms. The Kier molecular flexibility index (Phi) is 6.99. The van der Waals surface area contributed by atoms with Crippen LogP contribution in [0.3, 0.4) is 0 Å². The Morgan fingerprint density at radius 3 is 2.42 bits per heavy atom. The van der Waals surface area contributed by atoms with Gasteiger partial charge in [-0.05, 0) is 43.9 Å². The molecular weight excluding hydrogens is 442 g/mol. The molecule has 0 radical (unpaired) electrons. The number of amides is 1. The molecule has 3 aromatic rings. The van der Waals surface area contributed by atoms with Crippen molar-refractivity contribution < 1.29 is 17.6 Å². The third-order valence-electron chi connectivity index (χ3n) is 6.00. The summed E-state index contributed by atoms with van der Waals surface area (Å²) in [5, 5.41) is 2.82. The van der Waals surface area contributed by atoms with E-state index in [1.54, 1.807) is 0 Å². The third kappa shape index (κ3) is 5.36. The molecule has 4 rings (SSSR count). The van der Waals surface area contributed by atoms with E-state index in [0.717, 1.165) is 31.2 Å². The lowest BCUT2D eigenvalue weighted by atomic mass is 10.1. The number of sulfonamides is 1. The van der Waals surface area contributed by atoms with Crippen molar-refractivity contribution in [1.29, 1.82) is 0 Å². The summed E-state index contributed by atoms with van der Waals surface area (Å²) in [5.41, 5.74) is 2.84. The molecule has 0 aliphatic carbocycles. The van der Waals surface area contributed by atoms with Crippen molar-refractivity contribution in [2.24, 2.45) is 0 Å². The fourth-order valence-electron chi connectivity index (χ4n) is 4.09. The van der Waals surface area contributed by atoms with Gasteiger partial charge < -0.3 is 9.73 Å². The first-order chi connectivity index (χ1) is 15.8. The number of benzene rings is 2. The fraction of sp³-hybridized carbons (Fsp3) is 0.417. The molecule has 8 nitrogen and oxygen atoms in total. The van der Waals surface area contributed by atoms with Gasteiger partial charge in [0.2, 0.25) is 15.9 Å². The maximum absolute atomic E-state index is 13.0. The second-order valence-corrected chi connectivity index (χ2v) is 10.4. The normalized spacial score (nSPS) is 15.4. The topological polar surface area (TPSA) is 102 Å². The fourth-order valence-corrected chi connectivity index (χ4v) is 5.62. The van der Waals surface area contributed by atoms with Gasteiger partial charge in [0.25, 0.3) is 0 Å². The second-order valence-electron chi connectivity index (χ2n) is 8.49. The number of oxazole rings is 1. The molecule has 1 N–H and O–H groups in total. The predicted molar refractivity (Wildman–Crippen MR) is 126 cm³/mol. The van der Waals surface area contributed by atoms with E-state index in [4.69, 9.17) is 4.42 Å². The Hall–Kier alpha value is -2.91. The van der Waals surface area contributed by atoms with Crippen molar-refractivity contribution in [3.8, 4) is 0 Å². The van der Waals surface area contributed by atoms with Crippen LogP contribution in [0.15, 0.2) is 56.6 Å². The van der Waals surface area contributed by atoms with Gasteiger partial charge in [-0.25, -0.2) is 13.2 Å². The van der Waals surface area contributed by atoms with E-state index in [0.29, 0.717) is 31.6 Å². The predicted octanol–water partition coefficient (Wildman–Crippen LogP) is 2.83. The number of hydrogen-bond donors (Lipinski definition) is 1. The number of rotatable bonds is 7. The number of aryl methyl sites for hydroxylation is 1. The monoisotopic (exact) mass is 471 g/mol. The zero-order valence-corrected chi connectivity index (χ0v) is 19.6. The molecule has 176 valence electrons. The van der Waals surface area contributed by atoms with Crippen LogP contribution in [0.5, 0.6) is 0 Å². The van der Waals surface area contributed by atoms with E-state index in [1.165, 1.54) is 32.6 Å².